The van der Waals surface area contributed by atoms with Crippen LogP contribution in [0.1, 0.15) is 31.8 Å². The molecule has 0 unspecified atom stereocenters. The molecule has 5 heteroatoms. The molecule has 0 fully saturated rings. The second kappa shape index (κ2) is 8.40. The topological polar surface area (TPSA) is 68.3 Å². The number of carbonyl (C=O) groups excluding carboxylic acids is 2. The summed E-state index contributed by atoms with van der Waals surface area (Å²) >= 11 is 0. The summed E-state index contributed by atoms with van der Waals surface area (Å²) in [5.74, 6) is -0.826. The summed E-state index contributed by atoms with van der Waals surface area (Å²) in [6.45, 7) is 4.08. The van der Waals surface area contributed by atoms with Gasteiger partial charge in [-0.2, -0.15) is 0 Å². The van der Waals surface area contributed by atoms with E-state index in [1.54, 1.807) is 30.3 Å². The molecule has 0 spiro atoms. The van der Waals surface area contributed by atoms with Gasteiger partial charge in [-0.3, -0.25) is 4.79 Å². The molecule has 0 bridgehead atoms. The van der Waals surface area contributed by atoms with E-state index in [9.17, 15) is 9.59 Å². The van der Waals surface area contributed by atoms with Crippen LogP contribution >= 0.6 is 0 Å². The van der Waals surface area contributed by atoms with E-state index in [0.29, 0.717) is 16.8 Å². The summed E-state index contributed by atoms with van der Waals surface area (Å²) in [7, 11) is 1.31. The monoisotopic (exact) mass is 410 g/mol. The zero-order valence-electron chi connectivity index (χ0n) is 17.6. The highest BCUT2D eigenvalue weighted by Crippen LogP contribution is 2.28. The van der Waals surface area contributed by atoms with E-state index in [2.05, 4.69) is 11.4 Å². The molecule has 31 heavy (non-hydrogen) atoms. The van der Waals surface area contributed by atoms with Crippen molar-refractivity contribution in [1.29, 1.82) is 0 Å². The fourth-order valence-corrected chi connectivity index (χ4v) is 3.67. The first kappa shape index (κ1) is 20.3. The van der Waals surface area contributed by atoms with E-state index in [4.69, 9.17) is 9.72 Å². The Kier molecular flexibility index (Phi) is 5.50. The van der Waals surface area contributed by atoms with Crippen molar-refractivity contribution < 1.29 is 14.3 Å². The van der Waals surface area contributed by atoms with Crippen LogP contribution in [-0.2, 0) is 4.74 Å². The third-order valence-electron chi connectivity index (χ3n) is 5.20. The van der Waals surface area contributed by atoms with E-state index in [1.165, 1.54) is 12.7 Å². The van der Waals surface area contributed by atoms with E-state index in [0.717, 1.165) is 27.7 Å². The number of hydrogen-bond donors (Lipinski definition) is 1. The smallest absolute Gasteiger partial charge is 0.339 e. The average molecular weight is 410 g/mol. The zero-order valence-corrected chi connectivity index (χ0v) is 17.6. The molecule has 4 rings (SSSR count). The minimum Gasteiger partial charge on any atom is -0.465 e. The van der Waals surface area contributed by atoms with Gasteiger partial charge in [0.15, 0.2) is 0 Å². The maximum Gasteiger partial charge on any atom is 0.339 e. The number of esters is 1. The zero-order chi connectivity index (χ0) is 22.0. The first-order chi connectivity index (χ1) is 15.0. The van der Waals surface area contributed by atoms with E-state index < -0.39 is 5.97 Å². The molecular weight excluding hydrogens is 388 g/mol. The van der Waals surface area contributed by atoms with Crippen LogP contribution in [0.15, 0.2) is 72.8 Å². The molecule has 0 radical (unpaired) electrons. The lowest BCUT2D eigenvalue weighted by Crippen LogP contribution is -2.16. The lowest BCUT2D eigenvalue weighted by molar-refractivity contribution is 0.0602. The first-order valence-corrected chi connectivity index (χ1v) is 9.94. The van der Waals surface area contributed by atoms with E-state index in [-0.39, 0.29) is 5.91 Å². The highest BCUT2D eigenvalue weighted by molar-refractivity contribution is 6.14. The Labute approximate surface area is 180 Å². The molecule has 1 aromatic heterocycles. The van der Waals surface area contributed by atoms with Gasteiger partial charge in [-0.15, -0.1) is 0 Å². The third kappa shape index (κ3) is 4.03. The Morgan fingerprint density at radius 3 is 2.39 bits per heavy atom. The van der Waals surface area contributed by atoms with Crippen molar-refractivity contribution >= 4 is 28.5 Å². The van der Waals surface area contributed by atoms with Crippen LogP contribution in [0.5, 0.6) is 0 Å². The fraction of sp³-hybridized carbons (Fsp3) is 0.115. The molecule has 1 N–H and O–H groups in total. The van der Waals surface area contributed by atoms with Gasteiger partial charge >= 0.3 is 5.97 Å². The molecule has 0 aliphatic heterocycles. The number of benzene rings is 3. The molecule has 0 saturated carbocycles. The Bertz CT molecular complexity index is 1310. The maximum absolute atomic E-state index is 13.3. The van der Waals surface area contributed by atoms with E-state index in [1.807, 2.05) is 50.2 Å². The molecule has 4 aromatic rings. The van der Waals surface area contributed by atoms with Crippen LogP contribution < -0.4 is 5.32 Å². The molecule has 5 nitrogen and oxygen atoms in total. The van der Waals surface area contributed by atoms with Crippen molar-refractivity contribution in [3.05, 3.63) is 95.1 Å². The fourth-order valence-electron chi connectivity index (χ4n) is 3.67. The van der Waals surface area contributed by atoms with Crippen LogP contribution in [0.3, 0.4) is 0 Å². The largest absolute Gasteiger partial charge is 0.465 e. The quantitative estimate of drug-likeness (QED) is 0.448. The molecule has 1 heterocycles. The molecule has 0 atom stereocenters. The molecule has 154 valence electrons. The van der Waals surface area contributed by atoms with Crippen molar-refractivity contribution in [2.24, 2.45) is 0 Å². The molecule has 1 amide bonds. The van der Waals surface area contributed by atoms with Crippen molar-refractivity contribution in [3.63, 3.8) is 0 Å². The highest BCUT2D eigenvalue weighted by atomic mass is 16.5. The van der Waals surface area contributed by atoms with Crippen LogP contribution in [0.4, 0.5) is 5.69 Å². The number of methoxy groups -OCH3 is 1. The van der Waals surface area contributed by atoms with Gasteiger partial charge in [-0.25, -0.2) is 9.78 Å². The number of aromatic nitrogens is 1. The Morgan fingerprint density at radius 2 is 1.61 bits per heavy atom. The van der Waals surface area contributed by atoms with Crippen LogP contribution in [-0.4, -0.2) is 24.0 Å². The van der Waals surface area contributed by atoms with Gasteiger partial charge in [0.05, 0.1) is 35.1 Å². The number of amides is 1. The molecule has 0 aliphatic rings. The van der Waals surface area contributed by atoms with Crippen LogP contribution in [0.2, 0.25) is 0 Å². The molecule has 0 saturated heterocycles. The van der Waals surface area contributed by atoms with Crippen molar-refractivity contribution in [2.75, 3.05) is 12.4 Å². The molecular formula is C26H22N2O3. The summed E-state index contributed by atoms with van der Waals surface area (Å²) in [6, 6.07) is 22.3. The predicted molar refractivity (Wildman–Crippen MR) is 122 cm³/mol. The number of aryl methyl sites for hydroxylation is 2. The standard InChI is InChI=1S/C26H22N2O3/c1-16-12-13-18(17(2)14-16)24-15-21(19-8-4-6-10-22(19)27-24)25(29)28-23-11-7-5-9-20(23)26(30)31-3/h4-15H,1-3H3,(H,28,29). The SMILES string of the molecule is COC(=O)c1ccccc1NC(=O)c1cc(-c2ccc(C)cc2C)nc2ccccc12. The minimum atomic E-state index is -0.508. The number of fused-ring (bicyclic) bond motifs is 1. The van der Waals surface area contributed by atoms with Crippen LogP contribution in [0, 0.1) is 13.8 Å². The number of nitrogens with one attached hydrogen (secondary N) is 1. The number of anilines is 1. The number of rotatable bonds is 4. The normalized spacial score (nSPS) is 10.7. The Morgan fingerprint density at radius 1 is 0.871 bits per heavy atom. The lowest BCUT2D eigenvalue weighted by atomic mass is 9.99. The van der Waals surface area contributed by atoms with Gasteiger partial charge in [-0.05, 0) is 43.7 Å². The third-order valence-corrected chi connectivity index (χ3v) is 5.20. The van der Waals surface area contributed by atoms with Crippen molar-refractivity contribution in [1.82, 2.24) is 4.98 Å². The number of nitrogens with zero attached hydrogens (tertiary/aromatic N) is 1. The Hall–Kier alpha value is -3.99. The number of pyridine rings is 1. The number of carbonyl (C=O) groups is 2. The first-order valence-electron chi connectivity index (χ1n) is 9.94. The molecule has 0 aliphatic carbocycles. The average Bonchev–Trinajstić information content (AvgIpc) is 2.78. The second-order valence-electron chi connectivity index (χ2n) is 7.38. The summed E-state index contributed by atoms with van der Waals surface area (Å²) in [4.78, 5) is 30.2. The maximum atomic E-state index is 13.3. The van der Waals surface area contributed by atoms with Crippen molar-refractivity contribution in [3.8, 4) is 11.3 Å². The highest BCUT2D eigenvalue weighted by Gasteiger charge is 2.18. The van der Waals surface area contributed by atoms with Gasteiger partial charge < -0.3 is 10.1 Å². The number of ether oxygens (including phenoxy) is 1. The minimum absolute atomic E-state index is 0.298. The van der Waals surface area contributed by atoms with Crippen molar-refractivity contribution in [2.45, 2.75) is 13.8 Å². The van der Waals surface area contributed by atoms with Gasteiger partial charge in [0.25, 0.3) is 5.91 Å². The van der Waals surface area contributed by atoms with Gasteiger partial charge in [0, 0.05) is 10.9 Å². The van der Waals surface area contributed by atoms with Gasteiger partial charge in [0.2, 0.25) is 0 Å². The van der Waals surface area contributed by atoms with Crippen LogP contribution in [0.25, 0.3) is 22.2 Å². The van der Waals surface area contributed by atoms with E-state index >= 15 is 0 Å². The summed E-state index contributed by atoms with van der Waals surface area (Å²) in [5, 5.41) is 3.61. The van der Waals surface area contributed by atoms with Gasteiger partial charge in [0.1, 0.15) is 0 Å². The number of para-hydroxylation sites is 2. The molecule has 3 aromatic carbocycles. The Balaban J connectivity index is 1.82. The second-order valence-corrected chi connectivity index (χ2v) is 7.38. The summed E-state index contributed by atoms with van der Waals surface area (Å²) in [6.07, 6.45) is 0. The lowest BCUT2D eigenvalue weighted by Gasteiger charge is -2.13. The summed E-state index contributed by atoms with van der Waals surface area (Å²) in [5.41, 5.74) is 5.86. The summed E-state index contributed by atoms with van der Waals surface area (Å²) < 4.78 is 4.83. The predicted octanol–water partition coefficient (Wildman–Crippen LogP) is 5.56. The number of hydrogen-bond acceptors (Lipinski definition) is 4. The van der Waals surface area contributed by atoms with Gasteiger partial charge in [-0.1, -0.05) is 54.1 Å².